The fraction of sp³-hybridized carbons (Fsp3) is 0.600. The highest BCUT2D eigenvalue weighted by Gasteiger charge is 2.37. The minimum absolute atomic E-state index is 0.149. The topological polar surface area (TPSA) is 20.3 Å². The molecule has 5 heteroatoms. The van der Waals surface area contributed by atoms with Gasteiger partial charge in [-0.25, -0.2) is 0 Å². The number of nitrogens with zero attached hydrogens (tertiary/aromatic N) is 1. The van der Waals surface area contributed by atoms with Gasteiger partial charge in [0.1, 0.15) is 5.57 Å². The van der Waals surface area contributed by atoms with Crippen molar-refractivity contribution in [2.75, 3.05) is 13.1 Å². The van der Waals surface area contributed by atoms with E-state index < -0.39 is 11.7 Å². The number of hydrogen-bond acceptors (Lipinski definition) is 1. The van der Waals surface area contributed by atoms with Gasteiger partial charge in [-0.2, -0.15) is 13.2 Å². The summed E-state index contributed by atoms with van der Waals surface area (Å²) in [5, 5.41) is 0. The first-order valence-corrected chi connectivity index (χ1v) is 8.86. The van der Waals surface area contributed by atoms with Crippen LogP contribution >= 0.6 is 0 Å². The summed E-state index contributed by atoms with van der Waals surface area (Å²) in [6, 6.07) is 0. The van der Waals surface area contributed by atoms with E-state index in [0.29, 0.717) is 31.8 Å². The highest BCUT2D eigenvalue weighted by atomic mass is 19.4. The Kier molecular flexibility index (Phi) is 11.0. The molecule has 0 aliphatic carbocycles. The van der Waals surface area contributed by atoms with Crippen molar-refractivity contribution >= 4 is 5.91 Å². The zero-order chi connectivity index (χ0) is 19.5. The molecule has 0 spiro atoms. The molecule has 1 atom stereocenters. The van der Waals surface area contributed by atoms with Crippen LogP contribution in [0, 0.1) is 11.8 Å². The molecule has 0 rings (SSSR count). The second kappa shape index (κ2) is 11.8. The number of carbonyl (C=O) groups is 1. The summed E-state index contributed by atoms with van der Waals surface area (Å²) in [7, 11) is 0. The van der Waals surface area contributed by atoms with Gasteiger partial charge in [-0.15, -0.1) is 0 Å². The molecule has 0 saturated heterocycles. The number of allylic oxidation sites excluding steroid dienone is 4. The minimum atomic E-state index is -4.41. The van der Waals surface area contributed by atoms with Crippen molar-refractivity contribution in [2.24, 2.45) is 5.92 Å². The van der Waals surface area contributed by atoms with E-state index in [4.69, 9.17) is 0 Å². The highest BCUT2D eigenvalue weighted by molar-refractivity contribution is 5.76. The third kappa shape index (κ3) is 9.42. The third-order valence-electron chi connectivity index (χ3n) is 4.10. The lowest BCUT2D eigenvalue weighted by Gasteiger charge is -2.23. The average molecular weight is 358 g/mol. The molecule has 2 nitrogen and oxygen atoms in total. The van der Waals surface area contributed by atoms with Gasteiger partial charge >= 0.3 is 6.18 Å². The van der Waals surface area contributed by atoms with Crippen LogP contribution in [0.15, 0.2) is 37.0 Å². The van der Waals surface area contributed by atoms with Gasteiger partial charge in [0, 0.05) is 32.0 Å². The van der Waals surface area contributed by atoms with E-state index in [9.17, 15) is 18.0 Å². The summed E-state index contributed by atoms with van der Waals surface area (Å²) in [5.74, 6) is 0.826. The average Bonchev–Trinajstić information content (AvgIpc) is 2.55. The summed E-state index contributed by atoms with van der Waals surface area (Å²) in [6.45, 7) is 14.1. The Morgan fingerprint density at radius 2 is 1.92 bits per heavy atom. The predicted molar refractivity (Wildman–Crippen MR) is 98.0 cm³/mol. The molecule has 0 aromatic heterocycles. The number of rotatable bonds is 12. The largest absolute Gasteiger partial charge is 0.465 e. The Morgan fingerprint density at radius 1 is 1.28 bits per heavy atom. The smallest absolute Gasteiger partial charge is 0.343 e. The Labute approximate surface area is 150 Å². The van der Waals surface area contributed by atoms with Crippen LogP contribution in [-0.2, 0) is 4.79 Å². The number of amides is 1. The van der Waals surface area contributed by atoms with Crippen molar-refractivity contribution in [3.8, 4) is 0 Å². The minimum Gasteiger partial charge on any atom is -0.343 e. The molecule has 1 unspecified atom stereocenters. The van der Waals surface area contributed by atoms with E-state index in [-0.39, 0.29) is 11.8 Å². The van der Waals surface area contributed by atoms with Gasteiger partial charge < -0.3 is 4.90 Å². The first-order valence-electron chi connectivity index (χ1n) is 8.86. The van der Waals surface area contributed by atoms with E-state index in [1.807, 2.05) is 25.7 Å². The van der Waals surface area contributed by atoms with Gasteiger partial charge in [-0.1, -0.05) is 26.8 Å². The Balaban J connectivity index is 4.66. The van der Waals surface area contributed by atoms with Crippen LogP contribution in [0.4, 0.5) is 13.2 Å². The molecule has 0 N–H and O–H groups in total. The Hall–Kier alpha value is -1.65. The number of unbranched alkanes of at least 4 members (excludes halogenated alkanes) is 1. The lowest BCUT2D eigenvalue weighted by molar-refractivity contribution is -0.131. The summed E-state index contributed by atoms with van der Waals surface area (Å²) >= 11 is 0. The monoisotopic (exact) mass is 358 g/mol. The van der Waals surface area contributed by atoms with E-state index in [2.05, 4.69) is 13.2 Å². The van der Waals surface area contributed by atoms with E-state index in [1.54, 1.807) is 0 Å². The third-order valence-corrected chi connectivity index (χ3v) is 4.10. The molecule has 0 aromatic rings. The summed E-state index contributed by atoms with van der Waals surface area (Å²) in [5.41, 5.74) is -0.764. The molecule has 0 fully saturated rings. The van der Waals surface area contributed by atoms with E-state index in [0.717, 1.165) is 31.4 Å². The quantitative estimate of drug-likeness (QED) is 0.315. The number of halogens is 3. The molecular weight excluding hydrogens is 327 g/mol. The lowest BCUT2D eigenvalue weighted by Crippen LogP contribution is -2.32. The normalized spacial score (nSPS) is 13.3. The predicted octanol–water partition coefficient (Wildman–Crippen LogP) is 5.88. The van der Waals surface area contributed by atoms with Crippen LogP contribution in [0.5, 0.6) is 0 Å². The van der Waals surface area contributed by atoms with Crippen LogP contribution in [-0.4, -0.2) is 30.1 Å². The van der Waals surface area contributed by atoms with Gasteiger partial charge in [0.2, 0.25) is 5.91 Å². The molecule has 0 radical (unpaired) electrons. The van der Waals surface area contributed by atoms with Gasteiger partial charge in [-0.05, 0) is 38.3 Å². The van der Waals surface area contributed by atoms with E-state index in [1.165, 1.54) is 6.08 Å². The standard InChI is InChI=1S/C20H31F3NO/c1-6-10-11-19(25)24(9-4)13-12-16(5)14-17(7-2)15-18(8-3)20(21,22)23/h7-8,15-16H,2-3,6,9-14H2,1,4-5H3/q+1. The second-order valence-electron chi connectivity index (χ2n) is 6.26. The first-order chi connectivity index (χ1) is 11.7. The fourth-order valence-corrected chi connectivity index (χ4v) is 2.48. The van der Waals surface area contributed by atoms with Crippen LogP contribution < -0.4 is 0 Å². The fourth-order valence-electron chi connectivity index (χ4n) is 2.48. The summed E-state index contributed by atoms with van der Waals surface area (Å²) in [4.78, 5) is 13.9. The zero-order valence-electron chi connectivity index (χ0n) is 15.7. The molecule has 25 heavy (non-hydrogen) atoms. The molecule has 0 bridgehead atoms. The molecule has 142 valence electrons. The second-order valence-corrected chi connectivity index (χ2v) is 6.26. The van der Waals surface area contributed by atoms with Crippen molar-refractivity contribution in [3.63, 3.8) is 0 Å². The summed E-state index contributed by atoms with van der Waals surface area (Å²) in [6.07, 6.45) is 2.60. The van der Waals surface area contributed by atoms with Crippen LogP contribution in [0.3, 0.4) is 0 Å². The zero-order valence-corrected chi connectivity index (χ0v) is 15.7. The number of alkyl halides is 3. The Bertz CT molecular complexity index is 454. The molecule has 0 aliphatic heterocycles. The van der Waals surface area contributed by atoms with Crippen molar-refractivity contribution < 1.29 is 18.0 Å². The maximum atomic E-state index is 12.8. The van der Waals surface area contributed by atoms with Crippen molar-refractivity contribution in [2.45, 2.75) is 59.1 Å². The van der Waals surface area contributed by atoms with Gasteiger partial charge in [-0.3, -0.25) is 4.79 Å². The highest BCUT2D eigenvalue weighted by Crippen LogP contribution is 2.30. The first kappa shape index (κ1) is 23.4. The van der Waals surface area contributed by atoms with Crippen LogP contribution in [0.1, 0.15) is 52.9 Å². The SMILES string of the molecule is C=CC(=C[C+](C=C)CC(C)CCN(CC)C(=O)CCCC)C(F)(F)F. The molecule has 0 saturated carbocycles. The van der Waals surface area contributed by atoms with Gasteiger partial charge in [0.05, 0.1) is 12.0 Å². The maximum Gasteiger partial charge on any atom is 0.465 e. The Morgan fingerprint density at radius 3 is 2.36 bits per heavy atom. The van der Waals surface area contributed by atoms with Crippen LogP contribution in [0.25, 0.3) is 0 Å². The van der Waals surface area contributed by atoms with Crippen LogP contribution in [0.2, 0.25) is 0 Å². The maximum absolute atomic E-state index is 12.8. The molecule has 1 amide bonds. The molecular formula is C20H31F3NO+. The van der Waals surface area contributed by atoms with E-state index >= 15 is 0 Å². The molecule has 0 heterocycles. The van der Waals surface area contributed by atoms with Gasteiger partial charge in [0.15, 0.2) is 0 Å². The number of hydrogen-bond donors (Lipinski definition) is 0. The number of carbonyl (C=O) groups excluding carboxylic acids is 1. The van der Waals surface area contributed by atoms with Gasteiger partial charge in [0.25, 0.3) is 0 Å². The lowest BCUT2D eigenvalue weighted by atomic mass is 9.91. The summed E-state index contributed by atoms with van der Waals surface area (Å²) < 4.78 is 38.4. The van der Waals surface area contributed by atoms with Crippen molar-refractivity contribution in [1.82, 2.24) is 4.90 Å². The van der Waals surface area contributed by atoms with Crippen molar-refractivity contribution in [3.05, 3.63) is 42.9 Å². The van der Waals surface area contributed by atoms with Crippen molar-refractivity contribution in [1.29, 1.82) is 0 Å². The molecule has 0 aromatic carbocycles. The molecule has 0 aliphatic rings.